The molecule has 1 spiro atoms. The molecule has 1 aliphatic heterocycles. The maximum Gasteiger partial charge on any atom is 0.410 e. The summed E-state index contributed by atoms with van der Waals surface area (Å²) in [4.78, 5) is 28.9. The highest BCUT2D eigenvalue weighted by Crippen LogP contribution is 2.45. The summed E-state index contributed by atoms with van der Waals surface area (Å²) in [6, 6.07) is 7.61. The average Bonchev–Trinajstić information content (AvgIpc) is 3.25. The number of halogens is 1. The van der Waals surface area contributed by atoms with E-state index in [4.69, 9.17) is 4.74 Å². The van der Waals surface area contributed by atoms with Crippen LogP contribution in [0.15, 0.2) is 24.3 Å². The first-order chi connectivity index (χ1) is 11.2. The molecule has 0 atom stereocenters. The normalized spacial score (nSPS) is 19.3. The highest BCUT2D eigenvalue weighted by molar-refractivity contribution is 14.1. The summed E-state index contributed by atoms with van der Waals surface area (Å²) in [5.74, 6) is 0.0431. The number of carbonyl (C=O) groups excluding carboxylic acids is 2. The van der Waals surface area contributed by atoms with Gasteiger partial charge in [0.15, 0.2) is 0 Å². The minimum Gasteiger partial charge on any atom is -0.444 e. The molecule has 2 aliphatic rings. The first-order valence-electron chi connectivity index (χ1n) is 8.26. The molecule has 0 radical (unpaired) electrons. The van der Waals surface area contributed by atoms with Crippen LogP contribution >= 0.6 is 22.6 Å². The molecule has 2 amide bonds. The molecule has 6 heteroatoms. The molecule has 1 aromatic carbocycles. The number of piperazine rings is 1. The lowest BCUT2D eigenvalue weighted by atomic mass is 10.1. The second kappa shape index (κ2) is 6.20. The van der Waals surface area contributed by atoms with Crippen molar-refractivity contribution < 1.29 is 14.3 Å². The van der Waals surface area contributed by atoms with Gasteiger partial charge in [0.05, 0.1) is 5.54 Å². The molecule has 3 rings (SSSR count). The van der Waals surface area contributed by atoms with Crippen molar-refractivity contribution >= 4 is 34.6 Å². The van der Waals surface area contributed by atoms with E-state index >= 15 is 0 Å². The molecule has 0 unspecified atom stereocenters. The number of carbonyl (C=O) groups is 2. The molecule has 130 valence electrons. The van der Waals surface area contributed by atoms with E-state index in [2.05, 4.69) is 22.6 Å². The Kier molecular flexibility index (Phi) is 4.53. The number of hydrogen-bond acceptors (Lipinski definition) is 3. The fourth-order valence-corrected chi connectivity index (χ4v) is 3.46. The average molecular weight is 442 g/mol. The van der Waals surface area contributed by atoms with Crippen LogP contribution < -0.4 is 0 Å². The lowest BCUT2D eigenvalue weighted by Gasteiger charge is -2.42. The van der Waals surface area contributed by atoms with Crippen molar-refractivity contribution in [2.24, 2.45) is 0 Å². The van der Waals surface area contributed by atoms with Crippen LogP contribution in [0.25, 0.3) is 0 Å². The molecule has 1 saturated heterocycles. The zero-order valence-corrected chi connectivity index (χ0v) is 16.5. The smallest absolute Gasteiger partial charge is 0.410 e. The quantitative estimate of drug-likeness (QED) is 0.626. The van der Waals surface area contributed by atoms with Crippen LogP contribution in [-0.2, 0) is 4.74 Å². The zero-order chi connectivity index (χ0) is 17.5. The van der Waals surface area contributed by atoms with E-state index in [0.717, 1.165) is 16.4 Å². The number of hydrogen-bond donors (Lipinski definition) is 0. The van der Waals surface area contributed by atoms with Gasteiger partial charge in [-0.3, -0.25) is 9.69 Å². The van der Waals surface area contributed by atoms with Crippen molar-refractivity contribution in [2.45, 2.75) is 44.8 Å². The maximum atomic E-state index is 12.7. The SMILES string of the molecule is CC(C)(C)OC(=O)N1CCN(C(=O)c2ccc(I)cc2)CC12CC2. The third kappa shape index (κ3) is 3.68. The minimum atomic E-state index is -0.499. The van der Waals surface area contributed by atoms with Crippen LogP contribution in [0.3, 0.4) is 0 Å². The maximum absolute atomic E-state index is 12.7. The van der Waals surface area contributed by atoms with Gasteiger partial charge in [-0.25, -0.2) is 4.79 Å². The lowest BCUT2D eigenvalue weighted by Crippen LogP contribution is -2.59. The third-order valence-electron chi connectivity index (χ3n) is 4.47. The highest BCUT2D eigenvalue weighted by atomic mass is 127. The van der Waals surface area contributed by atoms with Gasteiger partial charge in [-0.05, 0) is 80.5 Å². The van der Waals surface area contributed by atoms with E-state index in [9.17, 15) is 9.59 Å². The highest BCUT2D eigenvalue weighted by Gasteiger charge is 2.55. The van der Waals surface area contributed by atoms with E-state index in [-0.39, 0.29) is 17.5 Å². The number of ether oxygens (including phenoxy) is 1. The van der Waals surface area contributed by atoms with Gasteiger partial charge >= 0.3 is 6.09 Å². The van der Waals surface area contributed by atoms with Crippen molar-refractivity contribution in [1.82, 2.24) is 9.80 Å². The predicted molar refractivity (Wildman–Crippen MR) is 100.0 cm³/mol. The summed E-state index contributed by atoms with van der Waals surface area (Å²) in [7, 11) is 0. The lowest BCUT2D eigenvalue weighted by molar-refractivity contribution is -0.00573. The predicted octanol–water partition coefficient (Wildman–Crippen LogP) is 3.52. The van der Waals surface area contributed by atoms with Gasteiger partial charge in [0.1, 0.15) is 5.60 Å². The molecule has 5 nitrogen and oxygen atoms in total. The summed E-state index contributed by atoms with van der Waals surface area (Å²) in [5.41, 5.74) is -0.0160. The summed E-state index contributed by atoms with van der Waals surface area (Å²) < 4.78 is 6.64. The van der Waals surface area contributed by atoms with Crippen LogP contribution in [0.1, 0.15) is 44.0 Å². The second-order valence-electron chi connectivity index (χ2n) is 7.59. The number of rotatable bonds is 1. The molecule has 24 heavy (non-hydrogen) atoms. The molecule has 2 fully saturated rings. The topological polar surface area (TPSA) is 49.9 Å². The van der Waals surface area contributed by atoms with Gasteiger partial charge in [-0.15, -0.1) is 0 Å². The second-order valence-corrected chi connectivity index (χ2v) is 8.84. The van der Waals surface area contributed by atoms with E-state index in [1.54, 1.807) is 0 Å². The van der Waals surface area contributed by atoms with Gasteiger partial charge in [-0.2, -0.15) is 0 Å². The van der Waals surface area contributed by atoms with Crippen LogP contribution in [0.2, 0.25) is 0 Å². The Hall–Kier alpha value is -1.31. The van der Waals surface area contributed by atoms with E-state index in [1.807, 2.05) is 54.8 Å². The van der Waals surface area contributed by atoms with E-state index < -0.39 is 5.60 Å². The third-order valence-corrected chi connectivity index (χ3v) is 5.19. The van der Waals surface area contributed by atoms with Gasteiger partial charge in [0, 0.05) is 28.8 Å². The molecule has 0 aromatic heterocycles. The Morgan fingerprint density at radius 3 is 2.29 bits per heavy atom. The zero-order valence-electron chi connectivity index (χ0n) is 14.3. The molecule has 0 bridgehead atoms. The van der Waals surface area contributed by atoms with Gasteiger partial charge in [0.2, 0.25) is 0 Å². The van der Waals surface area contributed by atoms with Crippen LogP contribution in [0, 0.1) is 3.57 Å². The van der Waals surface area contributed by atoms with Gasteiger partial charge < -0.3 is 9.64 Å². The molecule has 1 aliphatic carbocycles. The molecule has 1 saturated carbocycles. The Bertz CT molecular complexity index is 647. The van der Waals surface area contributed by atoms with E-state index in [1.165, 1.54) is 0 Å². The summed E-state index contributed by atoms with van der Waals surface area (Å²) in [6.07, 6.45) is 1.60. The molecular weight excluding hydrogens is 419 g/mol. The standard InChI is InChI=1S/C18H23IN2O3/c1-17(2,3)24-16(23)21-11-10-20(12-18(21)8-9-18)15(22)13-4-6-14(19)7-5-13/h4-7H,8-12H2,1-3H3. The summed E-state index contributed by atoms with van der Waals surface area (Å²) >= 11 is 2.23. The van der Waals surface area contributed by atoms with Crippen molar-refractivity contribution in [3.8, 4) is 0 Å². The van der Waals surface area contributed by atoms with Crippen molar-refractivity contribution in [3.05, 3.63) is 33.4 Å². The van der Waals surface area contributed by atoms with Crippen LogP contribution in [0.5, 0.6) is 0 Å². The number of benzene rings is 1. The van der Waals surface area contributed by atoms with E-state index in [0.29, 0.717) is 25.2 Å². The van der Waals surface area contributed by atoms with Crippen molar-refractivity contribution in [3.63, 3.8) is 0 Å². The Morgan fingerprint density at radius 1 is 1.12 bits per heavy atom. The largest absolute Gasteiger partial charge is 0.444 e. The van der Waals surface area contributed by atoms with Crippen molar-refractivity contribution in [2.75, 3.05) is 19.6 Å². The van der Waals surface area contributed by atoms with Crippen molar-refractivity contribution in [1.29, 1.82) is 0 Å². The minimum absolute atomic E-state index is 0.0431. The number of nitrogens with zero attached hydrogens (tertiary/aromatic N) is 2. The summed E-state index contributed by atoms with van der Waals surface area (Å²) in [5, 5.41) is 0. The first kappa shape index (κ1) is 17.5. The molecule has 1 heterocycles. The van der Waals surface area contributed by atoms with Gasteiger partial charge in [-0.1, -0.05) is 0 Å². The van der Waals surface area contributed by atoms with Gasteiger partial charge in [0.25, 0.3) is 5.91 Å². The molecule has 1 aromatic rings. The first-order valence-corrected chi connectivity index (χ1v) is 9.34. The molecule has 0 N–H and O–H groups in total. The van der Waals surface area contributed by atoms with Crippen LogP contribution in [0.4, 0.5) is 4.79 Å². The Morgan fingerprint density at radius 2 is 1.75 bits per heavy atom. The fraction of sp³-hybridized carbons (Fsp3) is 0.556. The monoisotopic (exact) mass is 442 g/mol. The fourth-order valence-electron chi connectivity index (χ4n) is 3.10. The molecular formula is C18H23IN2O3. The Balaban J connectivity index is 1.69. The Labute approximate surface area is 156 Å². The summed E-state index contributed by atoms with van der Waals surface area (Å²) in [6.45, 7) is 7.30. The van der Waals surface area contributed by atoms with Crippen LogP contribution in [-0.4, -0.2) is 52.6 Å². The number of amides is 2.